The van der Waals surface area contributed by atoms with Crippen LogP contribution in [-0.4, -0.2) is 23.7 Å². The van der Waals surface area contributed by atoms with Crippen molar-refractivity contribution in [2.75, 3.05) is 11.9 Å². The van der Waals surface area contributed by atoms with Crippen molar-refractivity contribution in [3.8, 4) is 0 Å². The van der Waals surface area contributed by atoms with Crippen LogP contribution in [0.15, 0.2) is 18.3 Å². The zero-order valence-electron chi connectivity index (χ0n) is 8.03. The van der Waals surface area contributed by atoms with Gasteiger partial charge in [0.05, 0.1) is 12.1 Å². The minimum atomic E-state index is -0.457. The molecular weight excluding hydrogens is 183 g/mol. The van der Waals surface area contributed by atoms with Crippen molar-refractivity contribution < 1.29 is 9.13 Å². The summed E-state index contributed by atoms with van der Waals surface area (Å²) in [6.45, 7) is 2.79. The number of hydrogen-bond donors (Lipinski definition) is 1. The quantitative estimate of drug-likeness (QED) is 0.732. The number of hydrogen-bond acceptors (Lipinski definition) is 3. The third-order valence-corrected chi connectivity index (χ3v) is 2.45. The summed E-state index contributed by atoms with van der Waals surface area (Å²) in [4.78, 5) is 3.50. The molecule has 1 N–H and O–H groups in total. The summed E-state index contributed by atoms with van der Waals surface area (Å²) < 4.78 is 18.2. The monoisotopic (exact) mass is 196 g/mol. The molecule has 1 fully saturated rings. The topological polar surface area (TPSA) is 34.1 Å². The molecule has 1 saturated heterocycles. The average Bonchev–Trinajstić information content (AvgIpc) is 2.52. The van der Waals surface area contributed by atoms with Gasteiger partial charge in [-0.3, -0.25) is 0 Å². The first-order valence-electron chi connectivity index (χ1n) is 4.75. The molecule has 0 radical (unpaired) electrons. The highest BCUT2D eigenvalue weighted by Crippen LogP contribution is 2.18. The Kier molecular flexibility index (Phi) is 2.63. The van der Waals surface area contributed by atoms with Crippen LogP contribution in [0.5, 0.6) is 0 Å². The molecule has 0 spiro atoms. The van der Waals surface area contributed by atoms with Crippen molar-refractivity contribution in [3.63, 3.8) is 0 Å². The van der Waals surface area contributed by atoms with Crippen LogP contribution >= 0.6 is 0 Å². The third kappa shape index (κ3) is 2.01. The van der Waals surface area contributed by atoms with Crippen LogP contribution in [0.4, 0.5) is 10.1 Å². The zero-order valence-corrected chi connectivity index (χ0v) is 8.03. The summed E-state index contributed by atoms with van der Waals surface area (Å²) >= 11 is 0. The van der Waals surface area contributed by atoms with E-state index in [1.54, 1.807) is 6.07 Å². The average molecular weight is 196 g/mol. The molecule has 2 atom stereocenters. The van der Waals surface area contributed by atoms with Gasteiger partial charge in [-0.2, -0.15) is 4.39 Å². The predicted octanol–water partition coefficient (Wildman–Crippen LogP) is 1.81. The molecule has 3 nitrogen and oxygen atoms in total. The number of nitrogens with one attached hydrogen (secondary N) is 1. The van der Waals surface area contributed by atoms with Crippen LogP contribution in [0.25, 0.3) is 0 Å². The fourth-order valence-electron chi connectivity index (χ4n) is 1.63. The first-order valence-corrected chi connectivity index (χ1v) is 4.75. The lowest BCUT2D eigenvalue weighted by molar-refractivity contribution is 0.121. The maximum Gasteiger partial charge on any atom is 0.214 e. The van der Waals surface area contributed by atoms with E-state index < -0.39 is 5.95 Å². The van der Waals surface area contributed by atoms with E-state index in [4.69, 9.17) is 4.74 Å². The summed E-state index contributed by atoms with van der Waals surface area (Å²) in [6.07, 6.45) is 2.61. The summed E-state index contributed by atoms with van der Waals surface area (Å²) in [6, 6.07) is 3.43. The van der Waals surface area contributed by atoms with Gasteiger partial charge in [-0.05, 0) is 19.4 Å². The molecule has 0 bridgehead atoms. The standard InChI is InChI=1S/C10H13FN2O/c1-7-9(3-5-14-7)13-8-2-4-12-10(11)6-8/h2,4,6-7,9H,3,5H2,1H3,(H,12,13). The van der Waals surface area contributed by atoms with Crippen molar-refractivity contribution >= 4 is 5.69 Å². The van der Waals surface area contributed by atoms with Gasteiger partial charge in [0.25, 0.3) is 0 Å². The molecule has 1 aromatic heterocycles. The molecule has 0 aromatic carbocycles. The lowest BCUT2D eigenvalue weighted by Crippen LogP contribution is -2.26. The number of anilines is 1. The third-order valence-electron chi connectivity index (χ3n) is 2.45. The van der Waals surface area contributed by atoms with Crippen LogP contribution in [0.3, 0.4) is 0 Å². The van der Waals surface area contributed by atoms with Gasteiger partial charge in [0.15, 0.2) is 0 Å². The number of aromatic nitrogens is 1. The number of halogens is 1. The fourth-order valence-corrected chi connectivity index (χ4v) is 1.63. The van der Waals surface area contributed by atoms with E-state index in [1.165, 1.54) is 12.3 Å². The van der Waals surface area contributed by atoms with Gasteiger partial charge in [-0.1, -0.05) is 0 Å². The van der Waals surface area contributed by atoms with Crippen LogP contribution in [-0.2, 0) is 4.74 Å². The van der Waals surface area contributed by atoms with E-state index in [1.807, 2.05) is 6.92 Å². The fraction of sp³-hybridized carbons (Fsp3) is 0.500. The first-order chi connectivity index (χ1) is 6.75. The Hall–Kier alpha value is -1.16. The van der Waals surface area contributed by atoms with Crippen molar-refractivity contribution in [3.05, 3.63) is 24.3 Å². The van der Waals surface area contributed by atoms with Gasteiger partial charge >= 0.3 is 0 Å². The highest BCUT2D eigenvalue weighted by Gasteiger charge is 2.23. The first kappa shape index (κ1) is 9.40. The second-order valence-corrected chi connectivity index (χ2v) is 3.48. The highest BCUT2D eigenvalue weighted by atomic mass is 19.1. The Morgan fingerprint density at radius 1 is 1.64 bits per heavy atom. The number of ether oxygens (including phenoxy) is 1. The molecule has 0 saturated carbocycles. The molecule has 1 aliphatic heterocycles. The smallest absolute Gasteiger partial charge is 0.214 e. The van der Waals surface area contributed by atoms with Crippen molar-refractivity contribution in [2.45, 2.75) is 25.5 Å². The van der Waals surface area contributed by atoms with Gasteiger partial charge in [0.2, 0.25) is 5.95 Å². The van der Waals surface area contributed by atoms with Gasteiger partial charge in [0.1, 0.15) is 0 Å². The molecular formula is C10H13FN2O. The Balaban J connectivity index is 2.03. The van der Waals surface area contributed by atoms with Crippen molar-refractivity contribution in [1.82, 2.24) is 4.98 Å². The Morgan fingerprint density at radius 2 is 2.50 bits per heavy atom. The van der Waals surface area contributed by atoms with Gasteiger partial charge in [0, 0.05) is 24.6 Å². The highest BCUT2D eigenvalue weighted by molar-refractivity contribution is 5.42. The normalized spacial score (nSPS) is 26.4. The molecule has 2 rings (SSSR count). The Bertz CT molecular complexity index is 319. The van der Waals surface area contributed by atoms with Crippen molar-refractivity contribution in [1.29, 1.82) is 0 Å². The molecule has 0 aliphatic carbocycles. The van der Waals surface area contributed by atoms with Crippen LogP contribution in [0, 0.1) is 5.95 Å². The molecule has 2 unspecified atom stereocenters. The Morgan fingerprint density at radius 3 is 3.14 bits per heavy atom. The van der Waals surface area contributed by atoms with E-state index in [9.17, 15) is 4.39 Å². The lowest BCUT2D eigenvalue weighted by Gasteiger charge is -2.16. The van der Waals surface area contributed by atoms with Gasteiger partial charge in [-0.25, -0.2) is 4.98 Å². The Labute approximate surface area is 82.3 Å². The van der Waals surface area contributed by atoms with Gasteiger partial charge in [-0.15, -0.1) is 0 Å². The van der Waals surface area contributed by atoms with Gasteiger partial charge < -0.3 is 10.1 Å². The predicted molar refractivity (Wildman–Crippen MR) is 51.6 cm³/mol. The SMILES string of the molecule is CC1OCCC1Nc1ccnc(F)c1. The van der Waals surface area contributed by atoms with Crippen LogP contribution in [0.1, 0.15) is 13.3 Å². The minimum Gasteiger partial charge on any atom is -0.379 e. The molecule has 4 heteroatoms. The second kappa shape index (κ2) is 3.92. The number of nitrogens with zero attached hydrogens (tertiary/aromatic N) is 1. The summed E-state index contributed by atoms with van der Waals surface area (Å²) in [5.41, 5.74) is 0.764. The zero-order chi connectivity index (χ0) is 9.97. The van der Waals surface area contributed by atoms with E-state index in [0.717, 1.165) is 18.7 Å². The summed E-state index contributed by atoms with van der Waals surface area (Å²) in [5.74, 6) is -0.457. The lowest BCUT2D eigenvalue weighted by atomic mass is 10.1. The second-order valence-electron chi connectivity index (χ2n) is 3.48. The molecule has 14 heavy (non-hydrogen) atoms. The minimum absolute atomic E-state index is 0.186. The molecule has 0 amide bonds. The summed E-state index contributed by atoms with van der Waals surface area (Å²) in [5, 5.41) is 3.23. The number of pyridine rings is 1. The largest absolute Gasteiger partial charge is 0.379 e. The van der Waals surface area contributed by atoms with Crippen molar-refractivity contribution in [2.24, 2.45) is 0 Å². The maximum atomic E-state index is 12.8. The maximum absolute atomic E-state index is 12.8. The van der Waals surface area contributed by atoms with Crippen LogP contribution < -0.4 is 5.32 Å². The molecule has 1 aromatic rings. The van der Waals surface area contributed by atoms with E-state index in [-0.39, 0.29) is 12.1 Å². The number of rotatable bonds is 2. The molecule has 1 aliphatic rings. The summed E-state index contributed by atoms with van der Waals surface area (Å²) in [7, 11) is 0. The van der Waals surface area contributed by atoms with E-state index in [2.05, 4.69) is 10.3 Å². The molecule has 76 valence electrons. The molecule has 2 heterocycles. The van der Waals surface area contributed by atoms with E-state index >= 15 is 0 Å². The van der Waals surface area contributed by atoms with Crippen LogP contribution in [0.2, 0.25) is 0 Å². The van der Waals surface area contributed by atoms with E-state index in [0.29, 0.717) is 0 Å².